The van der Waals surface area contributed by atoms with Crippen LogP contribution in [-0.2, 0) is 15.4 Å². The van der Waals surface area contributed by atoms with Crippen molar-refractivity contribution in [3.8, 4) is 5.75 Å². The molecule has 2 aromatic rings. The van der Waals surface area contributed by atoms with Crippen LogP contribution in [0.25, 0.3) is 0 Å². The van der Waals surface area contributed by atoms with Crippen molar-refractivity contribution in [3.05, 3.63) is 60.2 Å². The zero-order chi connectivity index (χ0) is 16.9. The van der Waals surface area contributed by atoms with Gasteiger partial charge in [-0.15, -0.1) is 0 Å². The van der Waals surface area contributed by atoms with Gasteiger partial charge in [-0.25, -0.2) is 13.1 Å². The monoisotopic (exact) mass is 333 g/mol. The van der Waals surface area contributed by atoms with Crippen molar-refractivity contribution in [3.63, 3.8) is 0 Å². The zero-order valence-corrected chi connectivity index (χ0v) is 14.6. The molecule has 124 valence electrons. The quantitative estimate of drug-likeness (QED) is 0.825. The lowest BCUT2D eigenvalue weighted by Crippen LogP contribution is -2.28. The average molecular weight is 333 g/mol. The van der Waals surface area contributed by atoms with E-state index in [2.05, 4.69) is 25.5 Å². The van der Waals surface area contributed by atoms with Crippen LogP contribution >= 0.6 is 0 Å². The summed E-state index contributed by atoms with van der Waals surface area (Å²) in [6.45, 7) is 6.96. The van der Waals surface area contributed by atoms with Crippen LogP contribution in [0.15, 0.2) is 59.5 Å². The van der Waals surface area contributed by atoms with Crippen LogP contribution in [0.1, 0.15) is 26.3 Å². The van der Waals surface area contributed by atoms with Crippen LogP contribution in [0.2, 0.25) is 0 Å². The van der Waals surface area contributed by atoms with Crippen LogP contribution < -0.4 is 9.46 Å². The molecular formula is C18H23NO3S. The largest absolute Gasteiger partial charge is 0.492 e. The number of ether oxygens (including phenoxy) is 1. The van der Waals surface area contributed by atoms with E-state index in [1.807, 2.05) is 24.3 Å². The summed E-state index contributed by atoms with van der Waals surface area (Å²) in [5.41, 5.74) is 1.33. The molecule has 0 spiro atoms. The van der Waals surface area contributed by atoms with Gasteiger partial charge in [0, 0.05) is 6.54 Å². The van der Waals surface area contributed by atoms with Crippen molar-refractivity contribution >= 4 is 10.0 Å². The van der Waals surface area contributed by atoms with E-state index >= 15 is 0 Å². The van der Waals surface area contributed by atoms with Crippen molar-refractivity contribution in [2.45, 2.75) is 31.1 Å². The van der Waals surface area contributed by atoms with Crippen LogP contribution in [0.5, 0.6) is 5.75 Å². The number of hydrogen-bond acceptors (Lipinski definition) is 3. The summed E-state index contributed by atoms with van der Waals surface area (Å²) in [5, 5.41) is 0. The van der Waals surface area contributed by atoms with Gasteiger partial charge in [0.15, 0.2) is 0 Å². The highest BCUT2D eigenvalue weighted by Gasteiger charge is 2.14. The van der Waals surface area contributed by atoms with Crippen LogP contribution in [0.4, 0.5) is 0 Å². The highest BCUT2D eigenvalue weighted by molar-refractivity contribution is 7.89. The van der Waals surface area contributed by atoms with Gasteiger partial charge in [-0.3, -0.25) is 0 Å². The first-order chi connectivity index (χ1) is 10.8. The average Bonchev–Trinajstić information content (AvgIpc) is 2.52. The van der Waals surface area contributed by atoms with Gasteiger partial charge in [0.05, 0.1) is 4.90 Å². The molecule has 0 saturated heterocycles. The second kappa shape index (κ2) is 7.15. The SMILES string of the molecule is CC(C)(C)c1ccc(OCCNS(=O)(=O)c2ccccc2)cc1. The van der Waals surface area contributed by atoms with Crippen LogP contribution in [0, 0.1) is 0 Å². The van der Waals surface area contributed by atoms with Crippen molar-refractivity contribution in [1.29, 1.82) is 0 Å². The molecule has 2 rings (SSSR count). The van der Waals surface area contributed by atoms with Gasteiger partial charge in [-0.1, -0.05) is 51.1 Å². The Labute approximate surface area is 138 Å². The maximum Gasteiger partial charge on any atom is 0.240 e. The van der Waals surface area contributed by atoms with E-state index < -0.39 is 10.0 Å². The minimum Gasteiger partial charge on any atom is -0.492 e. The predicted molar refractivity (Wildman–Crippen MR) is 92.3 cm³/mol. The van der Waals surface area contributed by atoms with E-state index in [4.69, 9.17) is 4.74 Å². The van der Waals surface area contributed by atoms with Gasteiger partial charge in [-0.05, 0) is 35.2 Å². The Morgan fingerprint density at radius 2 is 1.57 bits per heavy atom. The van der Waals surface area contributed by atoms with E-state index in [-0.39, 0.29) is 23.5 Å². The predicted octanol–water partition coefficient (Wildman–Crippen LogP) is 3.34. The number of nitrogens with one attached hydrogen (secondary N) is 1. The molecule has 0 unspecified atom stereocenters. The molecule has 0 heterocycles. The molecule has 23 heavy (non-hydrogen) atoms. The van der Waals surface area contributed by atoms with Gasteiger partial charge >= 0.3 is 0 Å². The molecule has 0 amide bonds. The molecule has 0 aliphatic carbocycles. The third-order valence-corrected chi connectivity index (χ3v) is 4.91. The van der Waals surface area contributed by atoms with E-state index in [9.17, 15) is 8.42 Å². The number of rotatable bonds is 6. The molecule has 0 aliphatic rings. The molecule has 0 atom stereocenters. The summed E-state index contributed by atoms with van der Waals surface area (Å²) in [6, 6.07) is 16.2. The molecular weight excluding hydrogens is 310 g/mol. The smallest absolute Gasteiger partial charge is 0.240 e. The third-order valence-electron chi connectivity index (χ3n) is 3.44. The van der Waals surface area contributed by atoms with Gasteiger partial charge in [0.25, 0.3) is 0 Å². The molecule has 1 N–H and O–H groups in total. The fourth-order valence-electron chi connectivity index (χ4n) is 2.08. The second-order valence-electron chi connectivity index (χ2n) is 6.33. The third kappa shape index (κ3) is 5.08. The maximum atomic E-state index is 12.0. The maximum absolute atomic E-state index is 12.0. The topological polar surface area (TPSA) is 55.4 Å². The number of sulfonamides is 1. The zero-order valence-electron chi connectivity index (χ0n) is 13.7. The molecule has 0 radical (unpaired) electrons. The fraction of sp³-hybridized carbons (Fsp3) is 0.333. The van der Waals surface area contributed by atoms with Crippen LogP contribution in [0.3, 0.4) is 0 Å². The normalized spacial score (nSPS) is 12.1. The van der Waals surface area contributed by atoms with Crippen molar-refractivity contribution in [1.82, 2.24) is 4.72 Å². The molecule has 0 aliphatic heterocycles. The molecule has 0 aromatic heterocycles. The summed E-state index contributed by atoms with van der Waals surface area (Å²) in [6.07, 6.45) is 0. The first-order valence-electron chi connectivity index (χ1n) is 7.57. The highest BCUT2D eigenvalue weighted by atomic mass is 32.2. The van der Waals surface area contributed by atoms with E-state index in [0.29, 0.717) is 0 Å². The fourth-order valence-corrected chi connectivity index (χ4v) is 3.11. The lowest BCUT2D eigenvalue weighted by Gasteiger charge is -2.19. The summed E-state index contributed by atoms with van der Waals surface area (Å²) >= 11 is 0. The van der Waals surface area contributed by atoms with E-state index in [1.54, 1.807) is 30.3 Å². The van der Waals surface area contributed by atoms with Crippen molar-refractivity contribution in [2.75, 3.05) is 13.2 Å². The minimum absolute atomic E-state index is 0.101. The minimum atomic E-state index is -3.47. The van der Waals surface area contributed by atoms with Gasteiger partial charge in [-0.2, -0.15) is 0 Å². The first-order valence-corrected chi connectivity index (χ1v) is 9.05. The molecule has 5 heteroatoms. The molecule has 0 bridgehead atoms. The van der Waals surface area contributed by atoms with Crippen molar-refractivity contribution < 1.29 is 13.2 Å². The Balaban J connectivity index is 1.84. The Hall–Kier alpha value is -1.85. The summed E-state index contributed by atoms with van der Waals surface area (Å²) in [7, 11) is -3.47. The number of hydrogen-bond donors (Lipinski definition) is 1. The van der Waals surface area contributed by atoms with Gasteiger partial charge < -0.3 is 4.74 Å². The Kier molecular flexibility index (Phi) is 5.44. The Morgan fingerprint density at radius 3 is 2.13 bits per heavy atom. The molecule has 0 fully saturated rings. The standard InChI is InChI=1S/C18H23NO3S/c1-18(2,3)15-9-11-16(12-10-15)22-14-13-19-23(20,21)17-7-5-4-6-8-17/h4-12,19H,13-14H2,1-3H3. The summed E-state index contributed by atoms with van der Waals surface area (Å²) in [5.74, 6) is 0.733. The Bertz CT molecular complexity index is 717. The van der Waals surface area contributed by atoms with Crippen molar-refractivity contribution in [2.24, 2.45) is 0 Å². The van der Waals surface area contributed by atoms with Gasteiger partial charge in [0.1, 0.15) is 12.4 Å². The van der Waals surface area contributed by atoms with Crippen LogP contribution in [-0.4, -0.2) is 21.6 Å². The lowest BCUT2D eigenvalue weighted by atomic mass is 9.87. The number of benzene rings is 2. The summed E-state index contributed by atoms with van der Waals surface area (Å²) in [4.78, 5) is 0.259. The highest BCUT2D eigenvalue weighted by Crippen LogP contribution is 2.24. The molecule has 2 aromatic carbocycles. The second-order valence-corrected chi connectivity index (χ2v) is 8.10. The van der Waals surface area contributed by atoms with E-state index in [0.717, 1.165) is 5.75 Å². The molecule has 4 nitrogen and oxygen atoms in total. The first kappa shape index (κ1) is 17.5. The Morgan fingerprint density at radius 1 is 0.957 bits per heavy atom. The summed E-state index contributed by atoms with van der Waals surface area (Å²) < 4.78 is 32.2. The van der Waals surface area contributed by atoms with Gasteiger partial charge in [0.2, 0.25) is 10.0 Å². The lowest BCUT2D eigenvalue weighted by molar-refractivity contribution is 0.322. The molecule has 0 saturated carbocycles. The van der Waals surface area contributed by atoms with E-state index in [1.165, 1.54) is 5.56 Å².